The van der Waals surface area contributed by atoms with Gasteiger partial charge < -0.3 is 10.1 Å². The van der Waals surface area contributed by atoms with Crippen molar-refractivity contribution in [3.05, 3.63) is 53.8 Å². The lowest BCUT2D eigenvalue weighted by atomic mass is 10.2. The highest BCUT2D eigenvalue weighted by atomic mass is 32.2. The second-order valence-electron chi connectivity index (χ2n) is 5.35. The summed E-state index contributed by atoms with van der Waals surface area (Å²) in [6.07, 6.45) is 0. The first-order chi connectivity index (χ1) is 11.9. The maximum atomic E-state index is 13.9. The Labute approximate surface area is 143 Å². The third-order valence-electron chi connectivity index (χ3n) is 3.77. The molecule has 0 unspecified atom stereocenters. The lowest BCUT2D eigenvalue weighted by molar-refractivity contribution is -0.0522. The van der Waals surface area contributed by atoms with Crippen LogP contribution >= 0.6 is 0 Å². The largest absolute Gasteiger partial charge is 0.432 e. The van der Waals surface area contributed by atoms with Crippen LogP contribution in [0.3, 0.4) is 0 Å². The number of anilines is 1. The summed E-state index contributed by atoms with van der Waals surface area (Å²) in [5.41, 5.74) is 1.29. The van der Waals surface area contributed by atoms with E-state index in [4.69, 9.17) is 0 Å². The van der Waals surface area contributed by atoms with Crippen molar-refractivity contribution in [1.82, 2.24) is 5.32 Å². The third-order valence-corrected chi connectivity index (χ3v) is 5.58. The molecule has 0 radical (unpaired) electrons. The van der Waals surface area contributed by atoms with Gasteiger partial charge in [-0.3, -0.25) is 4.31 Å². The van der Waals surface area contributed by atoms with E-state index in [2.05, 4.69) is 10.1 Å². The number of para-hydroxylation sites is 1. The zero-order chi connectivity index (χ0) is 18.0. The standard InChI is InChI=1S/C16H15F3N2O3S/c17-13-9-12(5-6-15(13)24-16(18)19)25(22,23)21-8-7-20-10-11-3-1-2-4-14(11)21/h1-6,9,16,20H,7-8,10H2. The maximum absolute atomic E-state index is 13.9. The minimum absolute atomic E-state index is 0.163. The predicted molar refractivity (Wildman–Crippen MR) is 85.7 cm³/mol. The summed E-state index contributed by atoms with van der Waals surface area (Å²) in [5, 5.41) is 3.12. The van der Waals surface area contributed by atoms with Gasteiger partial charge in [-0.25, -0.2) is 12.8 Å². The fraction of sp³-hybridized carbons (Fsp3) is 0.250. The summed E-state index contributed by atoms with van der Waals surface area (Å²) in [4.78, 5) is -0.330. The molecule has 0 aromatic heterocycles. The fourth-order valence-electron chi connectivity index (χ4n) is 2.64. The molecular weight excluding hydrogens is 357 g/mol. The summed E-state index contributed by atoms with van der Waals surface area (Å²) in [7, 11) is -4.06. The Morgan fingerprint density at radius 1 is 1.16 bits per heavy atom. The Morgan fingerprint density at radius 3 is 2.64 bits per heavy atom. The van der Waals surface area contributed by atoms with Crippen molar-refractivity contribution in [1.29, 1.82) is 0 Å². The predicted octanol–water partition coefficient (Wildman–Crippen LogP) is 2.73. The van der Waals surface area contributed by atoms with Crippen LogP contribution in [0.4, 0.5) is 18.9 Å². The van der Waals surface area contributed by atoms with E-state index in [9.17, 15) is 21.6 Å². The number of nitrogens with one attached hydrogen (secondary N) is 1. The van der Waals surface area contributed by atoms with Crippen molar-refractivity contribution in [3.8, 4) is 5.75 Å². The summed E-state index contributed by atoms with van der Waals surface area (Å²) in [5.74, 6) is -1.87. The number of ether oxygens (including phenoxy) is 1. The minimum atomic E-state index is -4.06. The van der Waals surface area contributed by atoms with Gasteiger partial charge in [-0.15, -0.1) is 0 Å². The lowest BCUT2D eigenvalue weighted by Crippen LogP contribution is -2.34. The zero-order valence-corrected chi connectivity index (χ0v) is 13.8. The quantitative estimate of drug-likeness (QED) is 0.897. The van der Waals surface area contributed by atoms with E-state index < -0.39 is 28.2 Å². The normalized spacial score (nSPS) is 15.0. The molecule has 25 heavy (non-hydrogen) atoms. The van der Waals surface area contributed by atoms with Crippen LogP contribution in [0.25, 0.3) is 0 Å². The van der Waals surface area contributed by atoms with Gasteiger partial charge in [0.1, 0.15) is 0 Å². The van der Waals surface area contributed by atoms with Gasteiger partial charge in [0.15, 0.2) is 11.6 Å². The lowest BCUT2D eigenvalue weighted by Gasteiger charge is -2.24. The number of hydrogen-bond acceptors (Lipinski definition) is 4. The summed E-state index contributed by atoms with van der Waals surface area (Å²) in [6.45, 7) is -2.10. The number of nitrogens with zero attached hydrogens (tertiary/aromatic N) is 1. The number of sulfonamides is 1. The number of hydrogen-bond donors (Lipinski definition) is 1. The maximum Gasteiger partial charge on any atom is 0.387 e. The Morgan fingerprint density at radius 2 is 1.92 bits per heavy atom. The molecule has 3 rings (SSSR count). The molecule has 2 aromatic rings. The summed E-state index contributed by atoms with van der Waals surface area (Å²) in [6, 6.07) is 9.61. The van der Waals surface area contributed by atoms with Crippen LogP contribution in [0.15, 0.2) is 47.4 Å². The molecular formula is C16H15F3N2O3S. The molecule has 1 N–H and O–H groups in total. The van der Waals surface area contributed by atoms with E-state index in [1.165, 1.54) is 4.31 Å². The molecule has 0 atom stereocenters. The highest BCUT2D eigenvalue weighted by molar-refractivity contribution is 7.92. The molecule has 9 heteroatoms. The molecule has 0 bridgehead atoms. The van der Waals surface area contributed by atoms with Gasteiger partial charge in [-0.1, -0.05) is 18.2 Å². The first-order valence-electron chi connectivity index (χ1n) is 7.45. The van der Waals surface area contributed by atoms with Crippen molar-refractivity contribution < 1.29 is 26.3 Å². The summed E-state index contributed by atoms with van der Waals surface area (Å²) >= 11 is 0. The van der Waals surface area contributed by atoms with Crippen LogP contribution in [-0.4, -0.2) is 28.1 Å². The topological polar surface area (TPSA) is 58.6 Å². The highest BCUT2D eigenvalue weighted by Crippen LogP contribution is 2.30. The smallest absolute Gasteiger partial charge is 0.387 e. The van der Waals surface area contributed by atoms with Crippen LogP contribution in [0.2, 0.25) is 0 Å². The van der Waals surface area contributed by atoms with E-state index >= 15 is 0 Å². The van der Waals surface area contributed by atoms with E-state index in [1.54, 1.807) is 24.3 Å². The van der Waals surface area contributed by atoms with Crippen LogP contribution in [0, 0.1) is 5.82 Å². The molecule has 0 fully saturated rings. The van der Waals surface area contributed by atoms with E-state index in [-0.39, 0.29) is 11.4 Å². The molecule has 0 saturated heterocycles. The highest BCUT2D eigenvalue weighted by Gasteiger charge is 2.28. The second-order valence-corrected chi connectivity index (χ2v) is 7.22. The monoisotopic (exact) mass is 372 g/mol. The van der Waals surface area contributed by atoms with Gasteiger partial charge in [-0.2, -0.15) is 8.78 Å². The minimum Gasteiger partial charge on any atom is -0.432 e. The molecule has 134 valence electrons. The van der Waals surface area contributed by atoms with E-state index in [0.717, 1.165) is 17.7 Å². The van der Waals surface area contributed by atoms with Crippen molar-refractivity contribution in [2.24, 2.45) is 0 Å². The van der Waals surface area contributed by atoms with Gasteiger partial charge in [0, 0.05) is 19.6 Å². The molecule has 5 nitrogen and oxygen atoms in total. The van der Waals surface area contributed by atoms with Gasteiger partial charge in [0.25, 0.3) is 10.0 Å². The molecule has 0 spiro atoms. The van der Waals surface area contributed by atoms with Crippen molar-refractivity contribution >= 4 is 15.7 Å². The van der Waals surface area contributed by atoms with Crippen molar-refractivity contribution in [2.75, 3.05) is 17.4 Å². The van der Waals surface area contributed by atoms with Gasteiger partial charge in [-0.05, 0) is 29.8 Å². The molecule has 2 aromatic carbocycles. The molecule has 0 saturated carbocycles. The van der Waals surface area contributed by atoms with Crippen LogP contribution in [0.1, 0.15) is 5.56 Å². The number of alkyl halides is 2. The average molecular weight is 372 g/mol. The van der Waals surface area contributed by atoms with E-state index in [0.29, 0.717) is 24.8 Å². The number of halogens is 3. The first kappa shape index (κ1) is 17.6. The van der Waals surface area contributed by atoms with Crippen LogP contribution < -0.4 is 14.4 Å². The molecule has 1 aliphatic heterocycles. The van der Waals surface area contributed by atoms with Crippen LogP contribution in [-0.2, 0) is 16.6 Å². The molecule has 0 aliphatic carbocycles. The fourth-order valence-corrected chi connectivity index (χ4v) is 4.15. The number of rotatable bonds is 4. The Kier molecular flexibility index (Phi) is 4.87. The molecule has 0 amide bonds. The zero-order valence-electron chi connectivity index (χ0n) is 13.0. The number of fused-ring (bicyclic) bond motifs is 1. The Hall–Kier alpha value is -2.26. The SMILES string of the molecule is O=S(=O)(c1ccc(OC(F)F)c(F)c1)N1CCNCc2ccccc21. The molecule has 1 heterocycles. The van der Waals surface area contributed by atoms with Gasteiger partial charge in [0.2, 0.25) is 0 Å². The Balaban J connectivity index is 2.01. The average Bonchev–Trinajstić information content (AvgIpc) is 2.79. The van der Waals surface area contributed by atoms with Gasteiger partial charge in [0.05, 0.1) is 10.6 Å². The van der Waals surface area contributed by atoms with Crippen LogP contribution in [0.5, 0.6) is 5.75 Å². The number of benzene rings is 2. The van der Waals surface area contributed by atoms with Gasteiger partial charge >= 0.3 is 6.61 Å². The van der Waals surface area contributed by atoms with Crippen molar-refractivity contribution in [2.45, 2.75) is 18.1 Å². The summed E-state index contributed by atoms with van der Waals surface area (Å²) < 4.78 is 69.4. The molecule has 1 aliphatic rings. The Bertz CT molecular complexity index is 875. The van der Waals surface area contributed by atoms with E-state index in [1.807, 2.05) is 0 Å². The second kappa shape index (κ2) is 6.93. The first-order valence-corrected chi connectivity index (χ1v) is 8.89. The van der Waals surface area contributed by atoms with Crippen molar-refractivity contribution in [3.63, 3.8) is 0 Å². The third kappa shape index (κ3) is 3.57.